The maximum absolute atomic E-state index is 11.3. The lowest BCUT2D eigenvalue weighted by Crippen LogP contribution is -2.36. The van der Waals surface area contributed by atoms with E-state index in [1.54, 1.807) is 0 Å². The lowest BCUT2D eigenvalue weighted by Gasteiger charge is -2.32. The summed E-state index contributed by atoms with van der Waals surface area (Å²) in [5.74, 6) is 1.81. The molecule has 0 aromatic carbocycles. The monoisotopic (exact) mass is 174 g/mol. The van der Waals surface area contributed by atoms with Crippen molar-refractivity contribution in [3.8, 4) is 0 Å². The summed E-state index contributed by atoms with van der Waals surface area (Å²) in [5, 5.41) is 0. The van der Waals surface area contributed by atoms with Gasteiger partial charge < -0.3 is 9.29 Å². The first kappa shape index (κ1) is 7.90. The van der Waals surface area contributed by atoms with Crippen molar-refractivity contribution in [2.75, 3.05) is 24.7 Å². The van der Waals surface area contributed by atoms with Crippen molar-refractivity contribution in [3.05, 3.63) is 0 Å². The molecule has 0 aliphatic carbocycles. The standard InChI is InChI=1S/C8H14O2S/c9-11-5-1-2-8(7-11)3-4-10-6-8/h1-7H2. The van der Waals surface area contributed by atoms with E-state index in [0.717, 1.165) is 37.6 Å². The van der Waals surface area contributed by atoms with Gasteiger partial charge in [0.1, 0.15) is 11.5 Å². The summed E-state index contributed by atoms with van der Waals surface area (Å²) in [6.45, 7) is 1.75. The van der Waals surface area contributed by atoms with E-state index in [1.165, 1.54) is 6.42 Å². The Morgan fingerprint density at radius 2 is 2.27 bits per heavy atom. The van der Waals surface area contributed by atoms with E-state index < -0.39 is 11.2 Å². The van der Waals surface area contributed by atoms with Crippen LogP contribution in [0.25, 0.3) is 0 Å². The Hall–Kier alpha value is 0.270. The first-order valence-electron chi connectivity index (χ1n) is 4.24. The van der Waals surface area contributed by atoms with Crippen LogP contribution in [0.5, 0.6) is 0 Å². The molecule has 2 aliphatic rings. The van der Waals surface area contributed by atoms with Crippen molar-refractivity contribution >= 4 is 11.2 Å². The molecule has 3 heteroatoms. The lowest BCUT2D eigenvalue weighted by atomic mass is 9.84. The molecule has 0 radical (unpaired) electrons. The van der Waals surface area contributed by atoms with Gasteiger partial charge in [-0.15, -0.1) is 0 Å². The van der Waals surface area contributed by atoms with Crippen LogP contribution in [0, 0.1) is 5.41 Å². The quantitative estimate of drug-likeness (QED) is 0.512. The average Bonchev–Trinajstić information content (AvgIpc) is 2.37. The van der Waals surface area contributed by atoms with Gasteiger partial charge in [-0.2, -0.15) is 0 Å². The fourth-order valence-corrected chi connectivity index (χ4v) is 3.72. The summed E-state index contributed by atoms with van der Waals surface area (Å²) < 4.78 is 16.6. The smallest absolute Gasteiger partial charge is 0.113 e. The molecule has 2 saturated heterocycles. The second-order valence-electron chi connectivity index (χ2n) is 3.69. The van der Waals surface area contributed by atoms with E-state index in [0.29, 0.717) is 5.41 Å². The van der Waals surface area contributed by atoms with Crippen LogP contribution in [-0.2, 0) is 15.9 Å². The predicted octanol–water partition coefficient (Wildman–Crippen LogP) is 0.936. The molecule has 0 N–H and O–H groups in total. The van der Waals surface area contributed by atoms with Crippen LogP contribution in [0.2, 0.25) is 0 Å². The largest absolute Gasteiger partial charge is 0.616 e. The van der Waals surface area contributed by atoms with Crippen LogP contribution < -0.4 is 0 Å². The maximum atomic E-state index is 11.3. The van der Waals surface area contributed by atoms with Crippen molar-refractivity contribution in [3.63, 3.8) is 0 Å². The van der Waals surface area contributed by atoms with Gasteiger partial charge in [0.15, 0.2) is 0 Å². The minimum Gasteiger partial charge on any atom is -0.616 e. The van der Waals surface area contributed by atoms with Crippen LogP contribution in [0.3, 0.4) is 0 Å². The summed E-state index contributed by atoms with van der Waals surface area (Å²) in [7, 11) is 0. The molecule has 2 unspecified atom stereocenters. The third kappa shape index (κ3) is 1.55. The Morgan fingerprint density at radius 1 is 1.36 bits per heavy atom. The van der Waals surface area contributed by atoms with Crippen LogP contribution in [0.15, 0.2) is 0 Å². The number of hydrogen-bond acceptors (Lipinski definition) is 2. The molecule has 2 heterocycles. The highest BCUT2D eigenvalue weighted by Gasteiger charge is 2.41. The zero-order valence-electron chi connectivity index (χ0n) is 6.67. The maximum Gasteiger partial charge on any atom is 0.113 e. The molecule has 0 amide bonds. The van der Waals surface area contributed by atoms with E-state index in [-0.39, 0.29) is 0 Å². The molecule has 0 saturated carbocycles. The second-order valence-corrected chi connectivity index (χ2v) is 5.27. The summed E-state index contributed by atoms with van der Waals surface area (Å²) >= 11 is -0.549. The van der Waals surface area contributed by atoms with Crippen LogP contribution in [-0.4, -0.2) is 29.3 Å². The zero-order chi connectivity index (χ0) is 7.73. The predicted molar refractivity (Wildman–Crippen MR) is 45.0 cm³/mol. The first-order valence-corrected chi connectivity index (χ1v) is 5.72. The van der Waals surface area contributed by atoms with E-state index in [2.05, 4.69) is 0 Å². The van der Waals surface area contributed by atoms with E-state index in [9.17, 15) is 4.55 Å². The average molecular weight is 174 g/mol. The second kappa shape index (κ2) is 2.96. The van der Waals surface area contributed by atoms with Gasteiger partial charge in [-0.05, 0) is 19.3 Å². The van der Waals surface area contributed by atoms with Crippen molar-refractivity contribution in [1.82, 2.24) is 0 Å². The van der Waals surface area contributed by atoms with Crippen LogP contribution in [0.4, 0.5) is 0 Å². The van der Waals surface area contributed by atoms with E-state index in [1.807, 2.05) is 0 Å². The van der Waals surface area contributed by atoms with Crippen molar-refractivity contribution in [2.24, 2.45) is 5.41 Å². The molecule has 0 aromatic heterocycles. The fraction of sp³-hybridized carbons (Fsp3) is 1.00. The Balaban J connectivity index is 2.00. The molecule has 11 heavy (non-hydrogen) atoms. The Bertz CT molecular complexity index is 143. The van der Waals surface area contributed by atoms with E-state index >= 15 is 0 Å². The highest BCUT2D eigenvalue weighted by Crippen LogP contribution is 2.38. The highest BCUT2D eigenvalue weighted by atomic mass is 32.2. The highest BCUT2D eigenvalue weighted by molar-refractivity contribution is 7.91. The van der Waals surface area contributed by atoms with Gasteiger partial charge >= 0.3 is 0 Å². The Morgan fingerprint density at radius 3 is 2.91 bits per heavy atom. The molecular weight excluding hydrogens is 160 g/mol. The molecule has 0 bridgehead atoms. The van der Waals surface area contributed by atoms with Gasteiger partial charge in [-0.1, -0.05) is 11.2 Å². The van der Waals surface area contributed by atoms with Crippen molar-refractivity contribution in [1.29, 1.82) is 0 Å². The molecular formula is C8H14O2S. The van der Waals surface area contributed by atoms with Gasteiger partial charge in [0.05, 0.1) is 6.61 Å². The lowest BCUT2D eigenvalue weighted by molar-refractivity contribution is 0.154. The first-order chi connectivity index (χ1) is 5.31. The third-order valence-electron chi connectivity index (χ3n) is 2.73. The molecule has 64 valence electrons. The molecule has 0 aromatic rings. The molecule has 2 nitrogen and oxygen atoms in total. The Kier molecular flexibility index (Phi) is 2.12. The van der Waals surface area contributed by atoms with Gasteiger partial charge in [-0.3, -0.25) is 0 Å². The summed E-state index contributed by atoms with van der Waals surface area (Å²) in [6, 6.07) is 0. The number of hydrogen-bond donors (Lipinski definition) is 0. The Labute approximate surface area is 70.5 Å². The van der Waals surface area contributed by atoms with Gasteiger partial charge in [0.25, 0.3) is 0 Å². The number of ether oxygens (including phenoxy) is 1. The SMILES string of the molecule is [O-][S+]1CCCC2(CCOC2)C1. The minimum absolute atomic E-state index is 0.323. The van der Waals surface area contributed by atoms with Crippen molar-refractivity contribution in [2.45, 2.75) is 19.3 Å². The number of rotatable bonds is 0. The molecule has 2 aliphatic heterocycles. The topological polar surface area (TPSA) is 32.3 Å². The van der Waals surface area contributed by atoms with Crippen LogP contribution >= 0.6 is 0 Å². The molecule has 2 atom stereocenters. The third-order valence-corrected chi connectivity index (χ3v) is 4.41. The van der Waals surface area contributed by atoms with Crippen LogP contribution in [0.1, 0.15) is 19.3 Å². The fourth-order valence-electron chi connectivity index (χ4n) is 2.05. The summed E-state index contributed by atoms with van der Waals surface area (Å²) in [6.07, 6.45) is 3.51. The van der Waals surface area contributed by atoms with Gasteiger partial charge in [0, 0.05) is 12.0 Å². The summed E-state index contributed by atoms with van der Waals surface area (Å²) in [4.78, 5) is 0. The normalized spacial score (nSPS) is 45.0. The molecule has 1 spiro atoms. The summed E-state index contributed by atoms with van der Waals surface area (Å²) in [5.41, 5.74) is 0.323. The zero-order valence-corrected chi connectivity index (χ0v) is 7.49. The molecule has 2 rings (SSSR count). The van der Waals surface area contributed by atoms with Gasteiger partial charge in [0.2, 0.25) is 0 Å². The minimum atomic E-state index is -0.549. The molecule has 2 fully saturated rings. The van der Waals surface area contributed by atoms with Crippen molar-refractivity contribution < 1.29 is 9.29 Å². The van der Waals surface area contributed by atoms with E-state index in [4.69, 9.17) is 4.74 Å². The van der Waals surface area contributed by atoms with Gasteiger partial charge in [-0.25, -0.2) is 0 Å².